The molecule has 1 heterocycles. The molecule has 0 saturated carbocycles. The highest BCUT2D eigenvalue weighted by atomic mass is 32.1. The van der Waals surface area contributed by atoms with Gasteiger partial charge in [-0.1, -0.05) is 0 Å². The van der Waals surface area contributed by atoms with Crippen molar-refractivity contribution in [2.45, 2.75) is 19.9 Å². The van der Waals surface area contributed by atoms with Gasteiger partial charge >= 0.3 is 0 Å². The second-order valence-corrected chi connectivity index (χ2v) is 6.99. The summed E-state index contributed by atoms with van der Waals surface area (Å²) in [5.41, 5.74) is 2.36. The van der Waals surface area contributed by atoms with Crippen molar-refractivity contribution in [3.05, 3.63) is 58.2 Å². The maximum atomic E-state index is 9.98. The first-order valence-corrected chi connectivity index (χ1v) is 9.31. The van der Waals surface area contributed by atoms with E-state index in [0.29, 0.717) is 5.56 Å². The number of nitrogens with zero attached hydrogens (tertiary/aromatic N) is 3. The minimum atomic E-state index is -0.0390. The molecule has 0 amide bonds. The van der Waals surface area contributed by atoms with Gasteiger partial charge in [0.25, 0.3) is 0 Å². The Morgan fingerprint density at radius 2 is 1.85 bits per heavy atom. The molecule has 0 radical (unpaired) electrons. The van der Waals surface area contributed by atoms with Crippen molar-refractivity contribution in [3.63, 3.8) is 0 Å². The van der Waals surface area contributed by atoms with Crippen molar-refractivity contribution in [2.24, 2.45) is 10.1 Å². The van der Waals surface area contributed by atoms with Crippen LogP contribution in [0, 0.1) is 0 Å². The van der Waals surface area contributed by atoms with Gasteiger partial charge in [0.05, 0.1) is 19.0 Å². The molecule has 27 heavy (non-hydrogen) atoms. The molecule has 7 heteroatoms. The van der Waals surface area contributed by atoms with E-state index in [9.17, 15) is 10.2 Å². The molecule has 0 saturated heterocycles. The maximum Gasteiger partial charge on any atom is 0.206 e. The van der Waals surface area contributed by atoms with E-state index in [2.05, 4.69) is 10.1 Å². The molecule has 0 spiro atoms. The molecule has 3 rings (SSSR count). The predicted molar refractivity (Wildman–Crippen MR) is 108 cm³/mol. The smallest absolute Gasteiger partial charge is 0.206 e. The average Bonchev–Trinajstić information content (AvgIpc) is 3.03. The highest BCUT2D eigenvalue weighted by Crippen LogP contribution is 2.24. The minimum Gasteiger partial charge on any atom is -0.508 e. The second-order valence-electron chi connectivity index (χ2n) is 6.15. The molecule has 1 aromatic heterocycles. The molecule has 0 fully saturated rings. The van der Waals surface area contributed by atoms with Gasteiger partial charge in [-0.15, -0.1) is 11.3 Å². The number of phenols is 2. The van der Waals surface area contributed by atoms with Crippen LogP contribution in [0.15, 0.2) is 57.9 Å². The molecule has 0 aliphatic heterocycles. The lowest BCUT2D eigenvalue weighted by atomic mass is 10.2. The number of thiazole rings is 1. The number of aromatic hydroxyl groups is 2. The monoisotopic (exact) mass is 383 g/mol. The summed E-state index contributed by atoms with van der Waals surface area (Å²) >= 11 is 1.50. The van der Waals surface area contributed by atoms with Crippen LogP contribution in [0.3, 0.4) is 0 Å². The molecule has 3 aromatic rings. The number of rotatable bonds is 5. The molecule has 0 unspecified atom stereocenters. The van der Waals surface area contributed by atoms with E-state index in [-0.39, 0.29) is 17.5 Å². The lowest BCUT2D eigenvalue weighted by Gasteiger charge is -2.06. The molecule has 6 nitrogen and oxygen atoms in total. The number of hydrogen-bond acceptors (Lipinski definition) is 6. The van der Waals surface area contributed by atoms with Crippen LogP contribution in [-0.2, 0) is 0 Å². The molecule has 2 aromatic carbocycles. The first-order valence-electron chi connectivity index (χ1n) is 8.43. The van der Waals surface area contributed by atoms with Crippen LogP contribution in [0.1, 0.15) is 19.4 Å². The topological polar surface area (TPSA) is 79.3 Å². The quantitative estimate of drug-likeness (QED) is 0.657. The lowest BCUT2D eigenvalue weighted by molar-refractivity contribution is 0.415. The van der Waals surface area contributed by atoms with Gasteiger partial charge in [-0.2, -0.15) is 5.10 Å². The average molecular weight is 383 g/mol. The molecule has 0 bridgehead atoms. The molecule has 2 N–H and O–H groups in total. The number of methoxy groups -OCH3 is 1. The zero-order valence-electron chi connectivity index (χ0n) is 15.3. The Bertz CT molecular complexity index is 1020. The van der Waals surface area contributed by atoms with Crippen LogP contribution in [0.2, 0.25) is 0 Å². The van der Waals surface area contributed by atoms with Gasteiger partial charge in [0.1, 0.15) is 17.2 Å². The zero-order valence-corrected chi connectivity index (χ0v) is 16.1. The normalized spacial score (nSPS) is 12.2. The van der Waals surface area contributed by atoms with Crippen LogP contribution in [0.4, 0.5) is 0 Å². The zero-order chi connectivity index (χ0) is 19.4. The number of phenolic OH excluding ortho intramolecular Hbond substituents is 2. The predicted octanol–water partition coefficient (Wildman–Crippen LogP) is 3.83. The van der Waals surface area contributed by atoms with E-state index >= 15 is 0 Å². The number of aromatic nitrogens is 1. The van der Waals surface area contributed by atoms with E-state index in [4.69, 9.17) is 4.74 Å². The first-order chi connectivity index (χ1) is 13.0. The minimum absolute atomic E-state index is 0.00209. The largest absolute Gasteiger partial charge is 0.508 e. The van der Waals surface area contributed by atoms with Crippen molar-refractivity contribution in [1.82, 2.24) is 4.68 Å². The van der Waals surface area contributed by atoms with E-state index in [1.54, 1.807) is 24.1 Å². The van der Waals surface area contributed by atoms with E-state index in [1.807, 2.05) is 43.5 Å². The van der Waals surface area contributed by atoms with Crippen LogP contribution < -0.4 is 9.54 Å². The third-order valence-electron chi connectivity index (χ3n) is 3.77. The Balaban J connectivity index is 2.08. The van der Waals surface area contributed by atoms with Gasteiger partial charge in [0.15, 0.2) is 0 Å². The second kappa shape index (κ2) is 8.09. The summed E-state index contributed by atoms with van der Waals surface area (Å²) in [7, 11) is 1.63. The van der Waals surface area contributed by atoms with Crippen LogP contribution in [0.25, 0.3) is 11.3 Å². The third kappa shape index (κ3) is 4.38. The molecule has 0 aliphatic carbocycles. The van der Waals surface area contributed by atoms with Crippen molar-refractivity contribution in [2.75, 3.05) is 7.11 Å². The summed E-state index contributed by atoms with van der Waals surface area (Å²) in [6, 6.07) is 12.2. The summed E-state index contributed by atoms with van der Waals surface area (Å²) in [4.78, 5) is 5.38. The van der Waals surface area contributed by atoms with E-state index in [1.165, 1.54) is 23.5 Å². The Morgan fingerprint density at radius 3 is 2.48 bits per heavy atom. The Hall–Kier alpha value is -3.06. The number of ether oxygens (including phenoxy) is 1. The lowest BCUT2D eigenvalue weighted by Crippen LogP contribution is -2.14. The standard InChI is InChI=1S/C20H21N3O3S/c1-13(2)22-20-23(21-11-15-4-7-16(24)10-19(15)25)18(12-27-20)14-5-8-17(26-3)9-6-14/h4-13,24-25H,1-3H3. The van der Waals surface area contributed by atoms with Crippen molar-refractivity contribution < 1.29 is 14.9 Å². The van der Waals surface area contributed by atoms with Crippen molar-refractivity contribution in [3.8, 4) is 28.5 Å². The van der Waals surface area contributed by atoms with Gasteiger partial charge < -0.3 is 14.9 Å². The van der Waals surface area contributed by atoms with Crippen molar-refractivity contribution in [1.29, 1.82) is 0 Å². The van der Waals surface area contributed by atoms with Crippen LogP contribution in [0.5, 0.6) is 17.2 Å². The number of hydrogen-bond donors (Lipinski definition) is 2. The van der Waals surface area contributed by atoms with Gasteiger partial charge in [0.2, 0.25) is 4.80 Å². The highest BCUT2D eigenvalue weighted by molar-refractivity contribution is 7.07. The highest BCUT2D eigenvalue weighted by Gasteiger charge is 2.09. The summed E-state index contributed by atoms with van der Waals surface area (Å²) in [5.74, 6) is 0.746. The van der Waals surface area contributed by atoms with Gasteiger partial charge in [-0.05, 0) is 50.2 Å². The van der Waals surface area contributed by atoms with Crippen molar-refractivity contribution >= 4 is 17.6 Å². The van der Waals surface area contributed by atoms with E-state index < -0.39 is 0 Å². The van der Waals surface area contributed by atoms with Crippen LogP contribution >= 0.6 is 11.3 Å². The molecule has 140 valence electrons. The Morgan fingerprint density at radius 1 is 1.11 bits per heavy atom. The van der Waals surface area contributed by atoms with E-state index in [0.717, 1.165) is 21.8 Å². The fraction of sp³-hybridized carbons (Fsp3) is 0.200. The van der Waals surface area contributed by atoms with Gasteiger partial charge in [-0.3, -0.25) is 4.99 Å². The fourth-order valence-electron chi connectivity index (χ4n) is 2.44. The van der Waals surface area contributed by atoms with Crippen LogP contribution in [-0.4, -0.2) is 34.3 Å². The molecule has 0 aliphatic rings. The maximum absolute atomic E-state index is 9.98. The summed E-state index contributed by atoms with van der Waals surface area (Å²) < 4.78 is 6.97. The molecular formula is C20H21N3O3S. The molecule has 0 atom stereocenters. The summed E-state index contributed by atoms with van der Waals surface area (Å²) in [6.45, 7) is 4.01. The SMILES string of the molecule is COc1ccc(-c2csc(=NC(C)C)n2N=Cc2ccc(O)cc2O)cc1. The Kier molecular flexibility index (Phi) is 5.61. The fourth-order valence-corrected chi connectivity index (χ4v) is 3.41. The molecular weight excluding hydrogens is 362 g/mol. The Labute approximate surface area is 161 Å². The van der Waals surface area contributed by atoms with Gasteiger partial charge in [-0.25, -0.2) is 4.68 Å². The van der Waals surface area contributed by atoms with Gasteiger partial charge in [0, 0.05) is 28.6 Å². The third-order valence-corrected chi connectivity index (χ3v) is 4.60. The first kappa shape index (κ1) is 18.7. The summed E-state index contributed by atoms with van der Waals surface area (Å²) in [5, 5.41) is 26.0. The summed E-state index contributed by atoms with van der Waals surface area (Å²) in [6.07, 6.45) is 1.55. The number of benzene rings is 2.